The summed E-state index contributed by atoms with van der Waals surface area (Å²) in [5, 5.41) is 11.3. The van der Waals surface area contributed by atoms with E-state index in [1.807, 2.05) is 85.2 Å². The second-order valence-corrected chi connectivity index (χ2v) is 20.7. The predicted molar refractivity (Wildman–Crippen MR) is 239 cm³/mol. The van der Waals surface area contributed by atoms with Crippen molar-refractivity contribution in [1.82, 2.24) is 0 Å². The number of fused-ring (bicyclic) bond motifs is 6. The zero-order valence-corrected chi connectivity index (χ0v) is 37.9. The average molecular weight is 919 g/mol. The molecule has 63 heavy (non-hydrogen) atoms. The molecule has 6 rings (SSSR count). The maximum absolute atomic E-state index is 12.4. The molecule has 2 aliphatic rings. The van der Waals surface area contributed by atoms with Gasteiger partial charge in [-0.2, -0.15) is 4.58 Å². The number of hydrogen-bond donors (Lipinski definition) is 1. The lowest BCUT2D eigenvalue weighted by atomic mass is 9.76. The summed E-state index contributed by atoms with van der Waals surface area (Å²) in [6.45, 7) is 7.20. The SMILES string of the molecule is COCCN1C(=CC=CC=CC=CC2=[N+](CCCCCC(=O)O)c3ccc4c(S(=O)(=O)[O-])cc(S(=O)(=O)[O-])cc4c3C2(C)C)C(C)(CCCS(=O)(=O)[O-])c2c1ccc1ccccc21. The number of unbranched alkanes of at least 4 members (excludes halogenated alkanes) is 2. The molecule has 1 atom stereocenters. The van der Waals surface area contributed by atoms with Crippen molar-refractivity contribution in [3.63, 3.8) is 0 Å². The van der Waals surface area contributed by atoms with Crippen molar-refractivity contribution in [3.8, 4) is 0 Å². The highest BCUT2D eigenvalue weighted by atomic mass is 32.2. The van der Waals surface area contributed by atoms with Crippen molar-refractivity contribution in [2.75, 3.05) is 37.5 Å². The van der Waals surface area contributed by atoms with E-state index in [1.165, 1.54) is 6.07 Å². The molecule has 0 saturated carbocycles. The van der Waals surface area contributed by atoms with Crippen LogP contribution in [0, 0.1) is 0 Å². The van der Waals surface area contributed by atoms with Crippen molar-refractivity contribution in [3.05, 3.63) is 120 Å². The summed E-state index contributed by atoms with van der Waals surface area (Å²) in [4.78, 5) is 11.7. The fraction of sp³-hybridized carbons (Fsp3) is 0.348. The van der Waals surface area contributed by atoms with Gasteiger partial charge in [0, 0.05) is 72.1 Å². The van der Waals surface area contributed by atoms with Gasteiger partial charge in [-0.15, -0.1) is 0 Å². The van der Waals surface area contributed by atoms with Crippen LogP contribution in [0.1, 0.15) is 70.4 Å². The monoisotopic (exact) mass is 918 g/mol. The molecule has 1 N–H and O–H groups in total. The summed E-state index contributed by atoms with van der Waals surface area (Å²) in [7, 11) is -13.2. The number of rotatable bonds is 19. The number of carbonyl (C=O) groups is 1. The molecular weight excluding hydrogens is 869 g/mol. The second kappa shape index (κ2) is 18.6. The summed E-state index contributed by atoms with van der Waals surface area (Å²) >= 11 is 0. The van der Waals surface area contributed by atoms with E-state index in [-0.39, 0.29) is 23.6 Å². The predicted octanol–water partition coefficient (Wildman–Crippen LogP) is 7.12. The smallest absolute Gasteiger partial charge is 0.303 e. The van der Waals surface area contributed by atoms with Gasteiger partial charge in [0.05, 0.1) is 31.9 Å². The lowest BCUT2D eigenvalue weighted by molar-refractivity contribution is -0.438. The maximum Gasteiger partial charge on any atom is 0.303 e. The molecule has 4 aromatic carbocycles. The Bertz CT molecular complexity index is 2950. The van der Waals surface area contributed by atoms with Gasteiger partial charge in [0.1, 0.15) is 26.8 Å². The van der Waals surface area contributed by atoms with Gasteiger partial charge in [-0.1, -0.05) is 60.7 Å². The van der Waals surface area contributed by atoms with Crippen LogP contribution in [0.2, 0.25) is 0 Å². The third-order valence-electron chi connectivity index (χ3n) is 11.9. The summed E-state index contributed by atoms with van der Waals surface area (Å²) < 4.78 is 116. The minimum atomic E-state index is -5.20. The topological polar surface area (TPSA) is 224 Å². The van der Waals surface area contributed by atoms with Crippen molar-refractivity contribution in [2.45, 2.75) is 79.9 Å². The van der Waals surface area contributed by atoms with E-state index in [4.69, 9.17) is 9.84 Å². The number of nitrogens with zero attached hydrogens (tertiary/aromatic N) is 2. The van der Waals surface area contributed by atoms with Gasteiger partial charge >= 0.3 is 5.97 Å². The molecule has 0 bridgehead atoms. The fourth-order valence-corrected chi connectivity index (χ4v) is 10.9. The minimum absolute atomic E-state index is 0.0110. The Balaban J connectivity index is 1.36. The van der Waals surface area contributed by atoms with E-state index < -0.39 is 62.7 Å². The molecule has 0 radical (unpaired) electrons. The van der Waals surface area contributed by atoms with E-state index in [9.17, 15) is 43.7 Å². The molecule has 0 aliphatic carbocycles. The number of allylic oxidation sites excluding steroid dienone is 8. The maximum atomic E-state index is 12.4. The molecule has 2 aliphatic heterocycles. The molecule has 0 amide bonds. The van der Waals surface area contributed by atoms with Crippen LogP contribution < -0.4 is 4.90 Å². The summed E-state index contributed by atoms with van der Waals surface area (Å²) in [5.41, 5.74) is 3.28. The number of aliphatic carboxylic acids is 1. The molecule has 1 unspecified atom stereocenters. The Morgan fingerprint density at radius 3 is 2.19 bits per heavy atom. The highest BCUT2D eigenvalue weighted by molar-refractivity contribution is 7.86. The first-order valence-electron chi connectivity index (χ1n) is 20.4. The van der Waals surface area contributed by atoms with Gasteiger partial charge in [-0.3, -0.25) is 4.79 Å². The van der Waals surface area contributed by atoms with Crippen LogP contribution >= 0.6 is 0 Å². The normalized spacial score (nSPS) is 18.6. The lowest BCUT2D eigenvalue weighted by Crippen LogP contribution is -2.31. The Morgan fingerprint density at radius 2 is 1.51 bits per heavy atom. The number of carboxylic acids is 1. The Morgan fingerprint density at radius 1 is 0.794 bits per heavy atom. The van der Waals surface area contributed by atoms with Gasteiger partial charge in [0.15, 0.2) is 5.71 Å². The Hall–Kier alpha value is -5.01. The van der Waals surface area contributed by atoms with E-state index >= 15 is 0 Å². The zero-order valence-electron chi connectivity index (χ0n) is 35.4. The quantitative estimate of drug-likeness (QED) is 0.0428. The first kappa shape index (κ1) is 47.5. The van der Waals surface area contributed by atoms with Crippen LogP contribution in [0.25, 0.3) is 21.5 Å². The van der Waals surface area contributed by atoms with Crippen LogP contribution in [0.4, 0.5) is 11.4 Å². The van der Waals surface area contributed by atoms with Crippen molar-refractivity contribution in [2.24, 2.45) is 0 Å². The summed E-state index contributed by atoms with van der Waals surface area (Å²) in [6.07, 6.45) is 15.3. The first-order valence-corrected chi connectivity index (χ1v) is 24.8. The summed E-state index contributed by atoms with van der Waals surface area (Å²) in [5.74, 6) is -1.38. The van der Waals surface area contributed by atoms with Crippen LogP contribution in [-0.2, 0) is 50.7 Å². The highest BCUT2D eigenvalue weighted by Crippen LogP contribution is 2.53. The van der Waals surface area contributed by atoms with Gasteiger partial charge < -0.3 is 28.4 Å². The van der Waals surface area contributed by atoms with Crippen LogP contribution in [0.5, 0.6) is 0 Å². The van der Waals surface area contributed by atoms with Gasteiger partial charge in [0.2, 0.25) is 5.69 Å². The molecule has 2 heterocycles. The standard InChI is InChI=1S/C46H52N2O12S3/c1-45(2)40(47(26-14-8-11-20-42(49)50)37-24-22-35-36(43(37)45)30-33(62(54,55)56)31-39(35)63(57,58)59)18-9-6-5-7-10-19-41-46(3,25-15-29-61(51,52)53)44-34-17-13-12-16-32(34)21-23-38(44)48(41)27-28-60-4/h5-7,9-10,12-13,16-19,21-24,30-31H,8,11,14-15,20,25-29H2,1-4H3,(H3-,49,50,51,52,53,54,55,56,57,58,59)/p-2. The third kappa shape index (κ3) is 10.2. The Kier molecular flexibility index (Phi) is 14.0. The van der Waals surface area contributed by atoms with Gasteiger partial charge in [0.25, 0.3) is 0 Å². The van der Waals surface area contributed by atoms with Gasteiger partial charge in [-0.05, 0) is 98.5 Å². The lowest BCUT2D eigenvalue weighted by Gasteiger charge is -2.31. The number of benzene rings is 4. The second-order valence-electron chi connectivity index (χ2n) is 16.5. The van der Waals surface area contributed by atoms with Gasteiger partial charge in [-0.25, -0.2) is 25.3 Å². The Labute approximate surface area is 368 Å². The zero-order chi connectivity index (χ0) is 46.0. The average Bonchev–Trinajstić information content (AvgIpc) is 3.57. The molecule has 14 nitrogen and oxygen atoms in total. The molecule has 17 heteroatoms. The number of methoxy groups -OCH3 is 1. The first-order chi connectivity index (χ1) is 29.6. The number of carboxylic acid groups (broad SMARTS) is 1. The third-order valence-corrected chi connectivity index (χ3v) is 14.4. The number of ether oxygens (including phenoxy) is 1. The van der Waals surface area contributed by atoms with Crippen molar-refractivity contribution >= 4 is 75.0 Å². The van der Waals surface area contributed by atoms with E-state index in [1.54, 1.807) is 13.2 Å². The van der Waals surface area contributed by atoms with Crippen LogP contribution in [0.3, 0.4) is 0 Å². The molecule has 0 fully saturated rings. The van der Waals surface area contributed by atoms with E-state index in [0.717, 1.165) is 39.5 Å². The fourth-order valence-electron chi connectivity index (χ4n) is 9.11. The molecule has 0 aromatic heterocycles. The van der Waals surface area contributed by atoms with Crippen molar-refractivity contribution < 1.29 is 58.1 Å². The number of anilines is 1. The molecule has 0 saturated heterocycles. The summed E-state index contributed by atoms with van der Waals surface area (Å²) in [6, 6.07) is 16.9. The van der Waals surface area contributed by atoms with Crippen LogP contribution in [0.15, 0.2) is 119 Å². The molecule has 336 valence electrons. The highest BCUT2D eigenvalue weighted by Gasteiger charge is 2.46. The molecule has 4 aromatic rings. The van der Waals surface area contributed by atoms with E-state index in [0.29, 0.717) is 62.7 Å². The number of hydrogen-bond acceptors (Lipinski definition) is 12. The molecular formula is C46H50N2O12S3-2. The molecule has 0 spiro atoms. The largest absolute Gasteiger partial charge is 0.748 e. The van der Waals surface area contributed by atoms with E-state index in [2.05, 4.69) is 24.0 Å². The van der Waals surface area contributed by atoms with Crippen LogP contribution in [-0.4, -0.2) is 92.8 Å². The minimum Gasteiger partial charge on any atom is -0.748 e. The van der Waals surface area contributed by atoms with Crippen molar-refractivity contribution in [1.29, 1.82) is 0 Å².